The number of ether oxygens (including phenoxy) is 3. The summed E-state index contributed by atoms with van der Waals surface area (Å²) in [5.74, 6) is -0.332. The van der Waals surface area contributed by atoms with Crippen LogP contribution in [-0.4, -0.2) is 58.6 Å². The van der Waals surface area contributed by atoms with Crippen molar-refractivity contribution in [2.24, 2.45) is 0 Å². The molecule has 0 radical (unpaired) electrons. The van der Waals surface area contributed by atoms with Crippen molar-refractivity contribution in [1.82, 2.24) is 20.3 Å². The van der Waals surface area contributed by atoms with Crippen molar-refractivity contribution >= 4 is 45.7 Å². The van der Waals surface area contributed by atoms with Gasteiger partial charge in [0.05, 0.1) is 17.3 Å². The van der Waals surface area contributed by atoms with Gasteiger partial charge in [0.25, 0.3) is 0 Å². The van der Waals surface area contributed by atoms with Crippen molar-refractivity contribution < 1.29 is 28.6 Å². The first kappa shape index (κ1) is 26.9. The van der Waals surface area contributed by atoms with Crippen molar-refractivity contribution in [2.75, 3.05) is 24.8 Å². The molecule has 2 aliphatic heterocycles. The Hall–Kier alpha value is -4.29. The standard InChI is InChI=1S/C29H29N5O6S/c1-17-9-11-41-28(17)27(29(37)30-14-19-6-5-10-38-19)34(23-13-25-24(39-16-40-25)12-20(23)18(2)35)26(36)15-33-22-8-4-3-7-21(22)31-32-33/h3-4,7-9,11-13,19,27H,5-6,10,14-16H2,1-2H3,(H,30,37)/t19-,27-/m1/s1. The van der Waals surface area contributed by atoms with Crippen molar-refractivity contribution in [2.45, 2.75) is 45.4 Å². The van der Waals surface area contributed by atoms with Gasteiger partial charge in [-0.25, -0.2) is 4.68 Å². The number of aromatic nitrogens is 3. The molecule has 41 heavy (non-hydrogen) atoms. The Kier molecular flexibility index (Phi) is 7.41. The predicted molar refractivity (Wildman–Crippen MR) is 151 cm³/mol. The number of hydrogen-bond acceptors (Lipinski definition) is 9. The fourth-order valence-electron chi connectivity index (χ4n) is 5.20. The molecule has 2 aromatic heterocycles. The van der Waals surface area contributed by atoms with Crippen LogP contribution in [0.3, 0.4) is 0 Å². The summed E-state index contributed by atoms with van der Waals surface area (Å²) in [6, 6.07) is 11.3. The van der Waals surface area contributed by atoms with E-state index >= 15 is 0 Å². The van der Waals surface area contributed by atoms with Gasteiger partial charge in [-0.15, -0.1) is 16.4 Å². The van der Waals surface area contributed by atoms with Crippen LogP contribution >= 0.6 is 11.3 Å². The number of Topliss-reactive ketones (excluding diaryl/α,β-unsaturated/α-hetero) is 1. The van der Waals surface area contributed by atoms with Crippen molar-refractivity contribution in [1.29, 1.82) is 0 Å². The van der Waals surface area contributed by atoms with Gasteiger partial charge >= 0.3 is 0 Å². The molecule has 12 heteroatoms. The maximum Gasteiger partial charge on any atom is 0.249 e. The van der Waals surface area contributed by atoms with E-state index in [9.17, 15) is 14.4 Å². The minimum atomic E-state index is -1.07. The largest absolute Gasteiger partial charge is 0.454 e. The van der Waals surface area contributed by atoms with Gasteiger partial charge in [0.2, 0.25) is 18.6 Å². The molecule has 4 heterocycles. The second-order valence-corrected chi connectivity index (χ2v) is 11.0. The number of anilines is 1. The number of rotatable bonds is 9. The van der Waals surface area contributed by atoms with E-state index in [1.807, 2.05) is 42.6 Å². The summed E-state index contributed by atoms with van der Waals surface area (Å²) < 4.78 is 18.4. The number of para-hydroxylation sites is 1. The van der Waals surface area contributed by atoms with Crippen molar-refractivity contribution in [3.8, 4) is 11.5 Å². The molecule has 0 spiro atoms. The predicted octanol–water partition coefficient (Wildman–Crippen LogP) is 3.80. The van der Waals surface area contributed by atoms with Gasteiger partial charge in [0.15, 0.2) is 23.3 Å². The lowest BCUT2D eigenvalue weighted by atomic mass is 10.0. The average molecular weight is 576 g/mol. The molecule has 2 aromatic carbocycles. The molecule has 1 saturated heterocycles. The van der Waals surface area contributed by atoms with Crippen LogP contribution in [0.5, 0.6) is 11.5 Å². The Morgan fingerprint density at radius 3 is 2.71 bits per heavy atom. The normalized spacial score (nSPS) is 16.6. The number of thiophene rings is 1. The third kappa shape index (κ3) is 5.27. The number of aryl methyl sites for hydroxylation is 1. The number of carbonyl (C=O) groups is 3. The molecule has 0 unspecified atom stereocenters. The first-order valence-corrected chi connectivity index (χ1v) is 14.3. The molecule has 0 aliphatic carbocycles. The zero-order valence-corrected chi connectivity index (χ0v) is 23.5. The summed E-state index contributed by atoms with van der Waals surface area (Å²) >= 11 is 1.37. The average Bonchev–Trinajstić information content (AvgIpc) is 3.78. The molecule has 6 rings (SSSR count). The van der Waals surface area contributed by atoms with E-state index in [0.29, 0.717) is 40.6 Å². The lowest BCUT2D eigenvalue weighted by molar-refractivity contribution is -0.127. The van der Waals surface area contributed by atoms with E-state index in [4.69, 9.17) is 14.2 Å². The first-order valence-electron chi connectivity index (χ1n) is 13.4. The minimum Gasteiger partial charge on any atom is -0.454 e. The molecule has 2 aliphatic rings. The van der Waals surface area contributed by atoms with Gasteiger partial charge < -0.3 is 19.5 Å². The highest BCUT2D eigenvalue weighted by atomic mass is 32.1. The Morgan fingerprint density at radius 1 is 1.17 bits per heavy atom. The molecule has 1 N–H and O–H groups in total. The van der Waals surface area contributed by atoms with Gasteiger partial charge in [-0.3, -0.25) is 19.3 Å². The lowest BCUT2D eigenvalue weighted by Gasteiger charge is -2.32. The summed E-state index contributed by atoms with van der Waals surface area (Å²) in [6.07, 6.45) is 1.69. The van der Waals surface area contributed by atoms with Crippen LogP contribution in [0.1, 0.15) is 46.6 Å². The second kappa shape index (κ2) is 11.3. The monoisotopic (exact) mass is 575 g/mol. The fraction of sp³-hybridized carbons (Fsp3) is 0.345. The number of nitrogens with zero attached hydrogens (tertiary/aromatic N) is 4. The second-order valence-electron chi connectivity index (χ2n) is 10.0. The van der Waals surface area contributed by atoms with Crippen molar-refractivity contribution in [3.05, 3.63) is 63.8 Å². The van der Waals surface area contributed by atoms with Gasteiger partial charge in [0, 0.05) is 29.7 Å². The number of amides is 2. The third-order valence-corrected chi connectivity index (χ3v) is 8.36. The molecular weight excluding hydrogens is 546 g/mol. The molecular formula is C29H29N5O6S. The zero-order chi connectivity index (χ0) is 28.5. The Labute approximate surface area is 240 Å². The van der Waals surface area contributed by atoms with E-state index in [1.165, 1.54) is 27.8 Å². The summed E-state index contributed by atoms with van der Waals surface area (Å²) in [7, 11) is 0. The highest BCUT2D eigenvalue weighted by molar-refractivity contribution is 7.10. The lowest BCUT2D eigenvalue weighted by Crippen LogP contribution is -2.47. The molecule has 0 saturated carbocycles. The summed E-state index contributed by atoms with van der Waals surface area (Å²) in [4.78, 5) is 43.5. The van der Waals surface area contributed by atoms with Gasteiger partial charge in [-0.1, -0.05) is 17.3 Å². The van der Waals surface area contributed by atoms with Gasteiger partial charge in [-0.05, 0) is 61.9 Å². The van der Waals surface area contributed by atoms with Crippen LogP contribution in [0.4, 0.5) is 5.69 Å². The molecule has 2 amide bonds. The number of nitrogens with one attached hydrogen (secondary N) is 1. The topological polar surface area (TPSA) is 125 Å². The van der Waals surface area contributed by atoms with E-state index in [0.717, 1.165) is 18.4 Å². The van der Waals surface area contributed by atoms with Gasteiger partial charge in [0.1, 0.15) is 12.1 Å². The Bertz CT molecular complexity index is 1620. The molecule has 212 valence electrons. The molecule has 4 aromatic rings. The SMILES string of the molecule is CC(=O)c1cc2c(cc1N(C(=O)Cn1nnc3ccccc31)[C@@H](C(=O)NC[C@H]1CCCO1)c1sccc1C)OCO2. The smallest absolute Gasteiger partial charge is 0.249 e. The molecule has 11 nitrogen and oxygen atoms in total. The van der Waals surface area contributed by atoms with Gasteiger partial charge in [-0.2, -0.15) is 0 Å². The number of fused-ring (bicyclic) bond motifs is 2. The van der Waals surface area contributed by atoms with E-state index in [-0.39, 0.29) is 42.4 Å². The Balaban J connectivity index is 1.47. The summed E-state index contributed by atoms with van der Waals surface area (Å²) in [6.45, 7) is 4.05. The summed E-state index contributed by atoms with van der Waals surface area (Å²) in [5, 5.41) is 13.3. The quantitative estimate of drug-likeness (QED) is 0.299. The van der Waals surface area contributed by atoms with E-state index < -0.39 is 11.9 Å². The van der Waals surface area contributed by atoms with Crippen LogP contribution < -0.4 is 19.7 Å². The maximum atomic E-state index is 14.4. The molecule has 0 bridgehead atoms. The number of hydrogen-bond donors (Lipinski definition) is 1. The number of carbonyl (C=O) groups excluding carboxylic acids is 3. The van der Waals surface area contributed by atoms with Crippen LogP contribution in [0.15, 0.2) is 47.8 Å². The fourth-order valence-corrected chi connectivity index (χ4v) is 6.22. The highest BCUT2D eigenvalue weighted by Crippen LogP contribution is 2.42. The van der Waals surface area contributed by atoms with Crippen LogP contribution in [0.25, 0.3) is 11.0 Å². The maximum absolute atomic E-state index is 14.4. The Morgan fingerprint density at radius 2 is 1.98 bits per heavy atom. The van der Waals surface area contributed by atoms with Crippen LogP contribution in [0, 0.1) is 6.92 Å². The van der Waals surface area contributed by atoms with Crippen molar-refractivity contribution in [3.63, 3.8) is 0 Å². The minimum absolute atomic E-state index is 0.00956. The summed E-state index contributed by atoms with van der Waals surface area (Å²) in [5.41, 5.74) is 2.64. The van der Waals surface area contributed by atoms with Crippen LogP contribution in [0.2, 0.25) is 0 Å². The molecule has 1 fully saturated rings. The molecule has 2 atom stereocenters. The number of benzene rings is 2. The first-order chi connectivity index (χ1) is 19.9. The van der Waals surface area contributed by atoms with E-state index in [2.05, 4.69) is 15.6 Å². The van der Waals surface area contributed by atoms with Crippen LogP contribution in [-0.2, 0) is 20.9 Å². The van der Waals surface area contributed by atoms with E-state index in [1.54, 1.807) is 12.1 Å². The zero-order valence-electron chi connectivity index (χ0n) is 22.7. The third-order valence-electron chi connectivity index (χ3n) is 7.29. The number of ketones is 1. The highest BCUT2D eigenvalue weighted by Gasteiger charge is 2.38.